The Morgan fingerprint density at radius 1 is 1.04 bits per heavy atom. The molecular weight excluding hydrogens is 332 g/mol. The molecule has 3 rings (SSSR count). The standard InChI is InChI=1S/C20H24N2O2S/c1-14(2)4-7-17-12-16-13-18(8-11-20(16)21-17)22-25(23,24)19-9-5-15(3)6-10-19/h5-6,8-14,21-22H,4,7H2,1-3H3. The summed E-state index contributed by atoms with van der Waals surface area (Å²) in [6.45, 7) is 6.35. The van der Waals surface area contributed by atoms with Gasteiger partial charge in [0.15, 0.2) is 0 Å². The van der Waals surface area contributed by atoms with Crippen molar-refractivity contribution in [1.29, 1.82) is 0 Å². The molecule has 0 unspecified atom stereocenters. The summed E-state index contributed by atoms with van der Waals surface area (Å²) in [6, 6.07) is 14.5. The lowest BCUT2D eigenvalue weighted by molar-refractivity contribution is 0.583. The average Bonchev–Trinajstić information content (AvgIpc) is 2.95. The van der Waals surface area contributed by atoms with Gasteiger partial charge in [-0.1, -0.05) is 31.5 Å². The van der Waals surface area contributed by atoms with Gasteiger partial charge in [0.1, 0.15) is 0 Å². The van der Waals surface area contributed by atoms with E-state index >= 15 is 0 Å². The van der Waals surface area contributed by atoms with Gasteiger partial charge >= 0.3 is 0 Å². The summed E-state index contributed by atoms with van der Waals surface area (Å²) in [5, 5.41) is 1.02. The van der Waals surface area contributed by atoms with Crippen molar-refractivity contribution in [1.82, 2.24) is 4.98 Å². The smallest absolute Gasteiger partial charge is 0.261 e. The zero-order valence-electron chi connectivity index (χ0n) is 14.8. The monoisotopic (exact) mass is 356 g/mol. The van der Waals surface area contributed by atoms with Gasteiger partial charge in [0.05, 0.1) is 4.90 Å². The van der Waals surface area contributed by atoms with Gasteiger partial charge in [-0.2, -0.15) is 0 Å². The lowest BCUT2D eigenvalue weighted by Gasteiger charge is -2.08. The van der Waals surface area contributed by atoms with Crippen LogP contribution in [0.1, 0.15) is 31.5 Å². The largest absolute Gasteiger partial charge is 0.358 e. The van der Waals surface area contributed by atoms with E-state index in [0.717, 1.165) is 29.3 Å². The molecule has 0 saturated carbocycles. The molecule has 0 atom stereocenters. The van der Waals surface area contributed by atoms with Crippen LogP contribution in [0, 0.1) is 12.8 Å². The highest BCUT2D eigenvalue weighted by Crippen LogP contribution is 2.23. The maximum absolute atomic E-state index is 12.5. The van der Waals surface area contributed by atoms with Gasteiger partial charge in [-0.25, -0.2) is 8.42 Å². The first-order valence-corrected chi connectivity index (χ1v) is 10.0. The third-order valence-corrected chi connectivity index (χ3v) is 5.65. The molecule has 0 aliphatic heterocycles. The number of sulfonamides is 1. The Balaban J connectivity index is 1.82. The molecule has 0 fully saturated rings. The second-order valence-electron chi connectivity index (χ2n) is 6.95. The summed E-state index contributed by atoms with van der Waals surface area (Å²) < 4.78 is 27.7. The SMILES string of the molecule is Cc1ccc(S(=O)(=O)Nc2ccc3[nH]c(CCC(C)C)cc3c2)cc1. The van der Waals surface area contributed by atoms with Crippen molar-refractivity contribution in [3.05, 3.63) is 59.8 Å². The van der Waals surface area contributed by atoms with E-state index in [4.69, 9.17) is 0 Å². The molecule has 0 amide bonds. The van der Waals surface area contributed by atoms with Crippen LogP contribution >= 0.6 is 0 Å². The average molecular weight is 356 g/mol. The Kier molecular flexibility index (Phi) is 4.86. The Morgan fingerprint density at radius 2 is 1.76 bits per heavy atom. The Bertz CT molecular complexity index is 971. The number of hydrogen-bond donors (Lipinski definition) is 2. The molecule has 2 N–H and O–H groups in total. The van der Waals surface area contributed by atoms with E-state index in [0.29, 0.717) is 11.6 Å². The molecule has 5 heteroatoms. The van der Waals surface area contributed by atoms with Crippen molar-refractivity contribution in [3.63, 3.8) is 0 Å². The van der Waals surface area contributed by atoms with Gasteiger partial charge in [0.25, 0.3) is 10.0 Å². The molecule has 4 nitrogen and oxygen atoms in total. The van der Waals surface area contributed by atoms with Crippen molar-refractivity contribution in [3.8, 4) is 0 Å². The lowest BCUT2D eigenvalue weighted by atomic mass is 10.1. The van der Waals surface area contributed by atoms with E-state index in [1.54, 1.807) is 30.3 Å². The molecule has 25 heavy (non-hydrogen) atoms. The van der Waals surface area contributed by atoms with Gasteiger partial charge in [0, 0.05) is 22.3 Å². The second-order valence-corrected chi connectivity index (χ2v) is 8.63. The molecule has 0 radical (unpaired) electrons. The van der Waals surface area contributed by atoms with Crippen LogP contribution in [0.4, 0.5) is 5.69 Å². The van der Waals surface area contributed by atoms with Crippen LogP contribution in [0.25, 0.3) is 10.9 Å². The van der Waals surface area contributed by atoms with E-state index < -0.39 is 10.0 Å². The maximum Gasteiger partial charge on any atom is 0.261 e. The number of aryl methyl sites for hydroxylation is 2. The van der Waals surface area contributed by atoms with Crippen molar-refractivity contribution >= 4 is 26.6 Å². The van der Waals surface area contributed by atoms with Gasteiger partial charge < -0.3 is 4.98 Å². The molecule has 3 aromatic rings. The normalized spacial score (nSPS) is 12.0. The number of aromatic nitrogens is 1. The zero-order valence-corrected chi connectivity index (χ0v) is 15.7. The van der Waals surface area contributed by atoms with Gasteiger partial charge in [-0.15, -0.1) is 0 Å². The van der Waals surface area contributed by atoms with Crippen molar-refractivity contribution in [2.75, 3.05) is 4.72 Å². The fourth-order valence-electron chi connectivity index (χ4n) is 2.77. The third kappa shape index (κ3) is 4.23. The van der Waals surface area contributed by atoms with E-state index in [1.165, 1.54) is 5.69 Å². The van der Waals surface area contributed by atoms with E-state index in [9.17, 15) is 8.42 Å². The predicted octanol–water partition coefficient (Wildman–Crippen LogP) is 4.87. The number of fused-ring (bicyclic) bond motifs is 1. The minimum absolute atomic E-state index is 0.268. The van der Waals surface area contributed by atoms with Gasteiger partial charge in [-0.05, 0) is 62.1 Å². The molecule has 1 heterocycles. The van der Waals surface area contributed by atoms with E-state index in [2.05, 4.69) is 29.6 Å². The number of H-pyrrole nitrogens is 1. The molecule has 0 spiro atoms. The van der Waals surface area contributed by atoms with Gasteiger partial charge in [0.2, 0.25) is 0 Å². The van der Waals surface area contributed by atoms with Crippen LogP contribution in [-0.4, -0.2) is 13.4 Å². The third-order valence-electron chi connectivity index (χ3n) is 4.25. The predicted molar refractivity (Wildman–Crippen MR) is 103 cm³/mol. The summed E-state index contributed by atoms with van der Waals surface area (Å²) in [5.41, 5.74) is 3.81. The van der Waals surface area contributed by atoms with Gasteiger partial charge in [-0.3, -0.25) is 4.72 Å². The minimum atomic E-state index is -3.57. The minimum Gasteiger partial charge on any atom is -0.358 e. The highest BCUT2D eigenvalue weighted by molar-refractivity contribution is 7.92. The summed E-state index contributed by atoms with van der Waals surface area (Å²) in [4.78, 5) is 3.67. The second kappa shape index (κ2) is 6.92. The molecule has 2 aromatic carbocycles. The molecule has 0 aliphatic rings. The van der Waals surface area contributed by atoms with Crippen LogP contribution in [0.3, 0.4) is 0 Å². The Hall–Kier alpha value is -2.27. The highest BCUT2D eigenvalue weighted by Gasteiger charge is 2.14. The molecule has 1 aromatic heterocycles. The molecule has 0 aliphatic carbocycles. The number of anilines is 1. The Morgan fingerprint density at radius 3 is 2.44 bits per heavy atom. The van der Waals surface area contributed by atoms with Crippen LogP contribution in [0.15, 0.2) is 53.4 Å². The first kappa shape index (κ1) is 17.5. The van der Waals surface area contributed by atoms with Crippen LogP contribution < -0.4 is 4.72 Å². The van der Waals surface area contributed by atoms with Crippen LogP contribution in [-0.2, 0) is 16.4 Å². The summed E-state index contributed by atoms with van der Waals surface area (Å²) >= 11 is 0. The molecule has 0 bridgehead atoms. The molecular formula is C20H24N2O2S. The maximum atomic E-state index is 12.5. The first-order valence-electron chi connectivity index (χ1n) is 8.54. The summed E-state index contributed by atoms with van der Waals surface area (Å²) in [5.74, 6) is 0.656. The van der Waals surface area contributed by atoms with E-state index in [1.807, 2.05) is 19.1 Å². The number of hydrogen-bond acceptors (Lipinski definition) is 2. The van der Waals surface area contributed by atoms with Crippen molar-refractivity contribution in [2.24, 2.45) is 5.92 Å². The Labute approximate surface area is 149 Å². The fraction of sp³-hybridized carbons (Fsp3) is 0.300. The topological polar surface area (TPSA) is 62.0 Å². The number of rotatable bonds is 6. The first-order chi connectivity index (χ1) is 11.8. The molecule has 132 valence electrons. The fourth-order valence-corrected chi connectivity index (χ4v) is 3.82. The zero-order chi connectivity index (χ0) is 18.0. The summed E-state index contributed by atoms with van der Waals surface area (Å²) in [6.07, 6.45) is 2.12. The quantitative estimate of drug-likeness (QED) is 0.662. The molecule has 0 saturated heterocycles. The van der Waals surface area contributed by atoms with Crippen molar-refractivity contribution < 1.29 is 8.42 Å². The van der Waals surface area contributed by atoms with E-state index in [-0.39, 0.29) is 4.90 Å². The number of benzene rings is 2. The number of aromatic amines is 1. The summed E-state index contributed by atoms with van der Waals surface area (Å²) in [7, 11) is -3.57. The number of nitrogens with one attached hydrogen (secondary N) is 2. The van der Waals surface area contributed by atoms with Crippen LogP contribution in [0.2, 0.25) is 0 Å². The highest BCUT2D eigenvalue weighted by atomic mass is 32.2. The van der Waals surface area contributed by atoms with Crippen molar-refractivity contribution in [2.45, 2.75) is 38.5 Å². The lowest BCUT2D eigenvalue weighted by Crippen LogP contribution is -2.12. The van der Waals surface area contributed by atoms with Crippen LogP contribution in [0.5, 0.6) is 0 Å².